The maximum atomic E-state index is 12.8. The predicted molar refractivity (Wildman–Crippen MR) is 133 cm³/mol. The fourth-order valence-electron chi connectivity index (χ4n) is 3.73. The molecule has 1 heterocycles. The average Bonchev–Trinajstić information content (AvgIpc) is 3.22. The third-order valence-corrected chi connectivity index (χ3v) is 5.56. The van der Waals surface area contributed by atoms with Crippen molar-refractivity contribution in [2.45, 2.75) is 6.61 Å². The van der Waals surface area contributed by atoms with Crippen molar-refractivity contribution < 1.29 is 23.8 Å². The lowest BCUT2D eigenvalue weighted by atomic mass is 10.0. The zero-order chi connectivity index (χ0) is 24.0. The van der Waals surface area contributed by atoms with Gasteiger partial charge in [-0.3, -0.25) is 4.79 Å². The standard InChI is InChI=1S/C30H22O5/c31-29(34-19-22-7-3-1-4-8-22)20-33-25-15-16-26-27(18-25)35-28(30(26)32)17-21-11-13-24(14-12-21)23-9-5-2-6-10-23/h1-18H,19-20H2. The maximum Gasteiger partial charge on any atom is 0.344 e. The summed E-state index contributed by atoms with van der Waals surface area (Å²) in [5.41, 5.74) is 4.44. The van der Waals surface area contributed by atoms with Crippen molar-refractivity contribution in [1.29, 1.82) is 0 Å². The van der Waals surface area contributed by atoms with Crippen molar-refractivity contribution in [2.24, 2.45) is 0 Å². The van der Waals surface area contributed by atoms with Gasteiger partial charge in [0.15, 0.2) is 12.4 Å². The number of carbonyl (C=O) groups excluding carboxylic acids is 2. The van der Waals surface area contributed by atoms with Crippen LogP contribution in [0.2, 0.25) is 0 Å². The number of hydrogen-bond donors (Lipinski definition) is 0. The summed E-state index contributed by atoms with van der Waals surface area (Å²) < 4.78 is 16.6. The number of rotatable bonds is 7. The number of hydrogen-bond acceptors (Lipinski definition) is 5. The fraction of sp³-hybridized carbons (Fsp3) is 0.0667. The van der Waals surface area contributed by atoms with Gasteiger partial charge < -0.3 is 14.2 Å². The van der Waals surface area contributed by atoms with Gasteiger partial charge in [-0.2, -0.15) is 0 Å². The van der Waals surface area contributed by atoms with Crippen LogP contribution in [0.25, 0.3) is 17.2 Å². The van der Waals surface area contributed by atoms with Gasteiger partial charge in [-0.05, 0) is 40.5 Å². The highest BCUT2D eigenvalue weighted by molar-refractivity contribution is 6.14. The van der Waals surface area contributed by atoms with Gasteiger partial charge in [0.25, 0.3) is 0 Å². The van der Waals surface area contributed by atoms with E-state index in [1.165, 1.54) is 0 Å². The van der Waals surface area contributed by atoms with E-state index in [0.29, 0.717) is 17.1 Å². The summed E-state index contributed by atoms with van der Waals surface area (Å²) in [5, 5.41) is 0. The molecule has 0 unspecified atom stereocenters. The first-order valence-corrected chi connectivity index (χ1v) is 11.2. The number of ether oxygens (including phenoxy) is 3. The van der Waals surface area contributed by atoms with Gasteiger partial charge in [-0.15, -0.1) is 0 Å². The summed E-state index contributed by atoms with van der Waals surface area (Å²) in [6, 6.07) is 32.3. The molecular weight excluding hydrogens is 440 g/mol. The first-order valence-electron chi connectivity index (χ1n) is 11.2. The second kappa shape index (κ2) is 10.1. The second-order valence-electron chi connectivity index (χ2n) is 8.02. The quantitative estimate of drug-likeness (QED) is 0.246. The Bertz CT molecular complexity index is 1370. The molecule has 4 aromatic carbocycles. The molecule has 0 fully saturated rings. The van der Waals surface area contributed by atoms with Crippen molar-refractivity contribution >= 4 is 17.8 Å². The van der Waals surface area contributed by atoms with Crippen molar-refractivity contribution in [3.63, 3.8) is 0 Å². The van der Waals surface area contributed by atoms with E-state index in [2.05, 4.69) is 12.1 Å². The van der Waals surface area contributed by atoms with Crippen LogP contribution in [-0.2, 0) is 16.1 Å². The average molecular weight is 463 g/mol. The molecule has 0 N–H and O–H groups in total. The van der Waals surface area contributed by atoms with Crippen LogP contribution in [0.15, 0.2) is 109 Å². The molecule has 1 aliphatic rings. The molecule has 5 nitrogen and oxygen atoms in total. The normalized spacial score (nSPS) is 13.3. The molecule has 5 rings (SSSR count). The van der Waals surface area contributed by atoms with Gasteiger partial charge in [-0.1, -0.05) is 84.9 Å². The molecule has 0 bridgehead atoms. The van der Waals surface area contributed by atoms with Crippen molar-refractivity contribution in [3.05, 3.63) is 126 Å². The zero-order valence-corrected chi connectivity index (χ0v) is 18.8. The Hall–Kier alpha value is -4.64. The van der Waals surface area contributed by atoms with Gasteiger partial charge in [0.2, 0.25) is 5.78 Å². The van der Waals surface area contributed by atoms with Crippen LogP contribution in [0.1, 0.15) is 21.5 Å². The minimum Gasteiger partial charge on any atom is -0.482 e. The Morgan fingerprint density at radius 2 is 1.49 bits per heavy atom. The van der Waals surface area contributed by atoms with Crippen molar-refractivity contribution in [2.75, 3.05) is 6.61 Å². The molecule has 0 radical (unpaired) electrons. The van der Waals surface area contributed by atoms with Gasteiger partial charge in [0, 0.05) is 6.07 Å². The number of allylic oxidation sites excluding steroid dienone is 1. The van der Waals surface area contributed by atoms with Gasteiger partial charge in [-0.25, -0.2) is 4.79 Å². The predicted octanol–water partition coefficient (Wildman–Crippen LogP) is 6.09. The third kappa shape index (κ3) is 5.31. The molecule has 0 saturated heterocycles. The van der Waals surface area contributed by atoms with Gasteiger partial charge in [0.05, 0.1) is 5.56 Å². The Balaban J connectivity index is 1.21. The molecule has 0 atom stereocenters. The Morgan fingerprint density at radius 3 is 2.23 bits per heavy atom. The molecule has 35 heavy (non-hydrogen) atoms. The van der Waals surface area contributed by atoms with E-state index in [-0.39, 0.29) is 24.8 Å². The van der Waals surface area contributed by atoms with E-state index in [9.17, 15) is 9.59 Å². The first-order chi connectivity index (χ1) is 17.2. The van der Waals surface area contributed by atoms with Crippen LogP contribution in [0, 0.1) is 0 Å². The summed E-state index contributed by atoms with van der Waals surface area (Å²) in [7, 11) is 0. The molecule has 4 aromatic rings. The van der Waals surface area contributed by atoms with Crippen molar-refractivity contribution in [1.82, 2.24) is 0 Å². The molecule has 0 amide bonds. The van der Waals surface area contributed by atoms with Crippen LogP contribution < -0.4 is 9.47 Å². The Labute approximate surface area is 203 Å². The summed E-state index contributed by atoms with van der Waals surface area (Å²) in [5.74, 6) is 0.387. The summed E-state index contributed by atoms with van der Waals surface area (Å²) >= 11 is 0. The second-order valence-corrected chi connectivity index (χ2v) is 8.02. The highest BCUT2D eigenvalue weighted by atomic mass is 16.6. The van der Waals surface area contributed by atoms with E-state index in [1.807, 2.05) is 72.8 Å². The van der Waals surface area contributed by atoms with Crippen molar-refractivity contribution in [3.8, 4) is 22.6 Å². The van der Waals surface area contributed by atoms with E-state index in [0.717, 1.165) is 22.3 Å². The summed E-state index contributed by atoms with van der Waals surface area (Å²) in [6.45, 7) is -0.0542. The van der Waals surface area contributed by atoms with Crippen LogP contribution in [0.3, 0.4) is 0 Å². The van der Waals surface area contributed by atoms with E-state index >= 15 is 0 Å². The number of carbonyl (C=O) groups is 2. The molecule has 172 valence electrons. The molecule has 0 aromatic heterocycles. The van der Waals surface area contributed by atoms with E-state index in [1.54, 1.807) is 24.3 Å². The van der Waals surface area contributed by atoms with Gasteiger partial charge >= 0.3 is 5.97 Å². The van der Waals surface area contributed by atoms with Crippen LogP contribution >= 0.6 is 0 Å². The zero-order valence-electron chi connectivity index (χ0n) is 18.8. The topological polar surface area (TPSA) is 61.8 Å². The highest BCUT2D eigenvalue weighted by Crippen LogP contribution is 2.35. The molecule has 1 aliphatic heterocycles. The largest absolute Gasteiger partial charge is 0.482 e. The maximum absolute atomic E-state index is 12.8. The van der Waals surface area contributed by atoms with E-state index < -0.39 is 5.97 Å². The minimum atomic E-state index is -0.481. The van der Waals surface area contributed by atoms with E-state index in [4.69, 9.17) is 14.2 Å². The molecule has 0 aliphatic carbocycles. The number of benzene rings is 4. The minimum absolute atomic E-state index is 0.186. The van der Waals surface area contributed by atoms with Gasteiger partial charge in [0.1, 0.15) is 18.1 Å². The molecular formula is C30H22O5. The molecule has 5 heteroatoms. The number of fused-ring (bicyclic) bond motifs is 1. The lowest BCUT2D eigenvalue weighted by molar-refractivity contribution is -0.147. The summed E-state index contributed by atoms with van der Waals surface area (Å²) in [6.07, 6.45) is 1.72. The lowest BCUT2D eigenvalue weighted by Crippen LogP contribution is -2.14. The van der Waals surface area contributed by atoms with Crippen LogP contribution in [-0.4, -0.2) is 18.4 Å². The Kier molecular flexibility index (Phi) is 6.39. The smallest absolute Gasteiger partial charge is 0.344 e. The monoisotopic (exact) mass is 462 g/mol. The lowest BCUT2D eigenvalue weighted by Gasteiger charge is -2.08. The van der Waals surface area contributed by atoms with Crippen LogP contribution in [0.5, 0.6) is 11.5 Å². The number of Topliss-reactive ketones (excluding diaryl/α,β-unsaturated/α-hetero) is 1. The number of esters is 1. The third-order valence-electron chi connectivity index (χ3n) is 5.56. The number of ketones is 1. The fourth-order valence-corrected chi connectivity index (χ4v) is 3.73. The molecule has 0 saturated carbocycles. The highest BCUT2D eigenvalue weighted by Gasteiger charge is 2.27. The summed E-state index contributed by atoms with van der Waals surface area (Å²) in [4.78, 5) is 24.8. The van der Waals surface area contributed by atoms with Crippen LogP contribution in [0.4, 0.5) is 0 Å². The first kappa shape index (κ1) is 22.2. The SMILES string of the molecule is O=C(COc1ccc2c(c1)OC(=Cc1ccc(-c3ccccc3)cc1)C2=O)OCc1ccccc1. The molecule has 0 spiro atoms. The Morgan fingerprint density at radius 1 is 0.800 bits per heavy atom.